The number of tetrazole rings is 1. The molecule has 1 fully saturated rings. The Kier molecular flexibility index (Phi) is 6.61. The average molecular weight is 476 g/mol. The van der Waals surface area contributed by atoms with Crippen molar-refractivity contribution >= 4 is 23.3 Å². The van der Waals surface area contributed by atoms with E-state index in [-0.39, 0.29) is 47.1 Å². The number of phenols is 2. The van der Waals surface area contributed by atoms with Gasteiger partial charge in [0.2, 0.25) is 0 Å². The molecule has 2 N–H and O–H groups in total. The van der Waals surface area contributed by atoms with Crippen molar-refractivity contribution < 1.29 is 29.3 Å². The van der Waals surface area contributed by atoms with Gasteiger partial charge in [0.25, 0.3) is 0 Å². The van der Waals surface area contributed by atoms with E-state index >= 15 is 0 Å². The molecule has 3 heterocycles. The van der Waals surface area contributed by atoms with Crippen molar-refractivity contribution in [2.24, 2.45) is 12.2 Å². The van der Waals surface area contributed by atoms with E-state index in [0.717, 1.165) is 6.07 Å². The fourth-order valence-electron chi connectivity index (χ4n) is 3.40. The van der Waals surface area contributed by atoms with Crippen LogP contribution in [0.5, 0.6) is 11.5 Å². The first-order valence-corrected chi connectivity index (χ1v) is 10.6. The second-order valence-electron chi connectivity index (χ2n) is 7.67. The molecule has 0 saturated carbocycles. The molecule has 0 amide bonds. The third kappa shape index (κ3) is 5.32. The summed E-state index contributed by atoms with van der Waals surface area (Å²) < 4.78 is 12.5. The van der Waals surface area contributed by atoms with E-state index in [1.165, 1.54) is 4.68 Å². The maximum Gasteiger partial charge on any atom is 0.342 e. The molecule has 1 aromatic heterocycles. The van der Waals surface area contributed by atoms with E-state index in [0.29, 0.717) is 18.0 Å². The molecule has 0 aliphatic carbocycles. The number of esters is 1. The highest BCUT2D eigenvalue weighted by Crippen LogP contribution is 2.38. The molecular weight excluding hydrogens is 454 g/mol. The second kappa shape index (κ2) is 9.59. The first-order chi connectivity index (χ1) is 15.8. The predicted molar refractivity (Wildman–Crippen MR) is 116 cm³/mol. The van der Waals surface area contributed by atoms with Gasteiger partial charge in [-0.1, -0.05) is 35.0 Å². The zero-order chi connectivity index (χ0) is 23.5. The van der Waals surface area contributed by atoms with Gasteiger partial charge in [-0.2, -0.15) is 0 Å². The highest BCUT2D eigenvalue weighted by molar-refractivity contribution is 6.33. The van der Waals surface area contributed by atoms with Crippen molar-refractivity contribution in [3.63, 3.8) is 0 Å². The third-order valence-electron chi connectivity index (χ3n) is 5.16. The SMILES string of the molecule is CC1CC2OC2/C=C/C=C/C(=N\OCc2nnnn2C)Cc2c(Cl)c(O)cc(O)c2C(=O)O1. The number of benzene rings is 1. The maximum atomic E-state index is 12.9. The average Bonchev–Trinajstić information content (AvgIpc) is 3.36. The number of hydrogen-bond donors (Lipinski definition) is 2. The number of aromatic nitrogens is 4. The number of aryl methyl sites for hydroxylation is 1. The predicted octanol–water partition coefficient (Wildman–Crippen LogP) is 2.22. The van der Waals surface area contributed by atoms with Crippen LogP contribution in [0.25, 0.3) is 0 Å². The van der Waals surface area contributed by atoms with Crippen molar-refractivity contribution in [3.8, 4) is 11.5 Å². The summed E-state index contributed by atoms with van der Waals surface area (Å²) in [4.78, 5) is 18.3. The third-order valence-corrected chi connectivity index (χ3v) is 5.58. The van der Waals surface area contributed by atoms with Crippen LogP contribution in [-0.4, -0.2) is 60.4 Å². The molecule has 12 heteroatoms. The highest BCUT2D eigenvalue weighted by Gasteiger charge is 2.38. The van der Waals surface area contributed by atoms with E-state index < -0.39 is 17.8 Å². The number of aromatic hydroxyl groups is 2. The summed E-state index contributed by atoms with van der Waals surface area (Å²) in [5, 5.41) is 35.7. The Hall–Kier alpha value is -3.44. The number of cyclic esters (lactones) is 1. The number of epoxide rings is 1. The van der Waals surface area contributed by atoms with E-state index in [2.05, 4.69) is 20.7 Å². The summed E-state index contributed by atoms with van der Waals surface area (Å²) in [5.41, 5.74) is 0.360. The van der Waals surface area contributed by atoms with Gasteiger partial charge in [-0.05, 0) is 29.0 Å². The molecule has 0 bridgehead atoms. The molecule has 4 rings (SSSR count). The lowest BCUT2D eigenvalue weighted by molar-refractivity contribution is 0.0306. The Morgan fingerprint density at radius 3 is 2.91 bits per heavy atom. The first-order valence-electron chi connectivity index (χ1n) is 10.2. The summed E-state index contributed by atoms with van der Waals surface area (Å²) in [6, 6.07) is 1.00. The Bertz CT molecular complexity index is 1140. The van der Waals surface area contributed by atoms with Crippen LogP contribution >= 0.6 is 11.6 Å². The number of carbonyl (C=O) groups excluding carboxylic acids is 1. The molecule has 2 aromatic rings. The number of halogens is 1. The molecule has 0 radical (unpaired) electrons. The van der Waals surface area contributed by atoms with Crippen molar-refractivity contribution in [3.05, 3.63) is 52.3 Å². The molecule has 174 valence electrons. The number of rotatable bonds is 3. The van der Waals surface area contributed by atoms with E-state index in [9.17, 15) is 15.0 Å². The summed E-state index contributed by atoms with van der Waals surface area (Å²) in [7, 11) is 1.67. The first kappa shape index (κ1) is 22.7. The van der Waals surface area contributed by atoms with Crippen molar-refractivity contribution in [2.75, 3.05) is 0 Å². The lowest BCUT2D eigenvalue weighted by Gasteiger charge is -2.17. The van der Waals surface area contributed by atoms with Crippen LogP contribution in [0.15, 0.2) is 35.5 Å². The lowest BCUT2D eigenvalue weighted by atomic mass is 9.99. The van der Waals surface area contributed by atoms with E-state index in [1.807, 2.05) is 12.2 Å². The zero-order valence-corrected chi connectivity index (χ0v) is 18.6. The van der Waals surface area contributed by atoms with Gasteiger partial charge in [0, 0.05) is 26.0 Å². The number of oxime groups is 1. The van der Waals surface area contributed by atoms with Crippen molar-refractivity contribution in [1.29, 1.82) is 0 Å². The largest absolute Gasteiger partial charge is 0.507 e. The standard InChI is InChI=1S/C21H22ClN5O6/c1-11-7-17-16(33-17)6-4-3-5-12(24-31-10-18-23-25-26-27(18)2)8-13-19(21(30)32-11)14(28)9-15(29)20(13)22/h3-6,9,11,16-17,28-29H,7-8,10H2,1-2H3/b5-3+,6-4+,24-12+. The van der Waals surface area contributed by atoms with Gasteiger partial charge in [-0.15, -0.1) is 5.10 Å². The number of phenolic OH excluding ortho intramolecular Hbond substituents is 2. The minimum atomic E-state index is -0.767. The van der Waals surface area contributed by atoms with Crippen LogP contribution < -0.4 is 0 Å². The molecule has 1 saturated heterocycles. The monoisotopic (exact) mass is 475 g/mol. The minimum absolute atomic E-state index is 0.000289. The van der Waals surface area contributed by atoms with Gasteiger partial charge >= 0.3 is 5.97 Å². The van der Waals surface area contributed by atoms with Crippen LogP contribution in [0.3, 0.4) is 0 Å². The Balaban J connectivity index is 1.69. The van der Waals surface area contributed by atoms with Gasteiger partial charge in [-0.3, -0.25) is 0 Å². The summed E-state index contributed by atoms with van der Waals surface area (Å²) in [5.74, 6) is -1.15. The topological polar surface area (TPSA) is 144 Å². The van der Waals surface area contributed by atoms with Gasteiger partial charge in [0.15, 0.2) is 12.4 Å². The molecule has 2 aliphatic heterocycles. The summed E-state index contributed by atoms with van der Waals surface area (Å²) in [6.45, 7) is 1.74. The molecule has 33 heavy (non-hydrogen) atoms. The van der Waals surface area contributed by atoms with Crippen LogP contribution in [-0.2, 0) is 34.4 Å². The normalized spacial score (nSPS) is 26.0. The lowest BCUT2D eigenvalue weighted by Crippen LogP contribution is -2.20. The fraction of sp³-hybridized carbons (Fsp3) is 0.381. The van der Waals surface area contributed by atoms with Gasteiger partial charge in [0.1, 0.15) is 29.3 Å². The number of nitrogens with zero attached hydrogens (tertiary/aromatic N) is 5. The smallest absolute Gasteiger partial charge is 0.342 e. The fourth-order valence-corrected chi connectivity index (χ4v) is 3.61. The van der Waals surface area contributed by atoms with Crippen molar-refractivity contribution in [2.45, 2.75) is 44.7 Å². The molecule has 0 spiro atoms. The minimum Gasteiger partial charge on any atom is -0.507 e. The number of hydrogen-bond acceptors (Lipinski definition) is 10. The van der Waals surface area contributed by atoms with E-state index in [1.54, 1.807) is 26.1 Å². The molecule has 1 aromatic carbocycles. The molecule has 2 aliphatic rings. The van der Waals surface area contributed by atoms with E-state index in [4.69, 9.17) is 25.9 Å². The zero-order valence-electron chi connectivity index (χ0n) is 17.9. The highest BCUT2D eigenvalue weighted by atomic mass is 35.5. The maximum absolute atomic E-state index is 12.9. The van der Waals surface area contributed by atoms with Gasteiger partial charge in [0.05, 0.1) is 16.8 Å². The Morgan fingerprint density at radius 2 is 2.15 bits per heavy atom. The second-order valence-corrected chi connectivity index (χ2v) is 8.05. The molecular formula is C21H22ClN5O6. The quantitative estimate of drug-likeness (QED) is 0.387. The Labute approximate surface area is 193 Å². The van der Waals surface area contributed by atoms with Gasteiger partial charge < -0.3 is 24.5 Å². The molecule has 3 atom stereocenters. The van der Waals surface area contributed by atoms with Crippen LogP contribution in [0.1, 0.15) is 35.1 Å². The van der Waals surface area contributed by atoms with Crippen molar-refractivity contribution in [1.82, 2.24) is 20.2 Å². The Morgan fingerprint density at radius 1 is 1.33 bits per heavy atom. The summed E-state index contributed by atoms with van der Waals surface area (Å²) in [6.07, 6.45) is 6.99. The number of allylic oxidation sites excluding steroid dienone is 3. The van der Waals surface area contributed by atoms with Crippen LogP contribution in [0.2, 0.25) is 5.02 Å². The van der Waals surface area contributed by atoms with Gasteiger partial charge in [-0.25, -0.2) is 9.48 Å². The molecule has 3 unspecified atom stereocenters. The number of carbonyl (C=O) groups is 1. The molecule has 11 nitrogen and oxygen atoms in total. The summed E-state index contributed by atoms with van der Waals surface area (Å²) >= 11 is 6.31. The number of fused-ring (bicyclic) bond motifs is 2. The van der Waals surface area contributed by atoms with Crippen LogP contribution in [0, 0.1) is 0 Å². The number of ether oxygens (including phenoxy) is 2. The van der Waals surface area contributed by atoms with Crippen LogP contribution in [0.4, 0.5) is 0 Å².